The highest BCUT2D eigenvalue weighted by Crippen LogP contribution is 2.19. The molecule has 0 heterocycles. The van der Waals surface area contributed by atoms with Gasteiger partial charge in [-0.3, -0.25) is 4.79 Å². The van der Waals surface area contributed by atoms with Crippen LogP contribution < -0.4 is 9.62 Å². The number of hydrogen-bond acceptors (Lipinski definition) is 3. The fourth-order valence-corrected chi connectivity index (χ4v) is 2.55. The number of amides is 1. The van der Waals surface area contributed by atoms with Crippen molar-refractivity contribution in [3.63, 3.8) is 0 Å². The van der Waals surface area contributed by atoms with Crippen LogP contribution in [-0.2, 0) is 15.0 Å². The normalized spacial score (nSPS) is 11.2. The highest BCUT2D eigenvalue weighted by Gasteiger charge is 2.27. The second-order valence-electron chi connectivity index (χ2n) is 4.37. The lowest BCUT2D eigenvalue weighted by Crippen LogP contribution is -2.45. The molecule has 0 saturated heterocycles. The molecule has 0 atom stereocenters. The van der Waals surface area contributed by atoms with E-state index in [9.17, 15) is 17.6 Å². The molecule has 1 N–H and O–H groups in total. The van der Waals surface area contributed by atoms with Crippen LogP contribution in [0.15, 0.2) is 36.9 Å². The number of rotatable bonds is 7. The molecule has 0 radical (unpaired) electrons. The maximum absolute atomic E-state index is 13.0. The van der Waals surface area contributed by atoms with E-state index in [0.717, 1.165) is 20.7 Å². The van der Waals surface area contributed by atoms with Gasteiger partial charge < -0.3 is 5.32 Å². The second kappa shape index (κ2) is 7.19. The number of benzene rings is 1. The number of nitrogens with zero attached hydrogens (tertiary/aromatic N) is 2. The predicted octanol–water partition coefficient (Wildman–Crippen LogP) is 0.741. The lowest BCUT2D eigenvalue weighted by atomic mass is 10.3. The molecule has 0 aliphatic rings. The minimum atomic E-state index is -3.87. The maximum atomic E-state index is 13.0. The van der Waals surface area contributed by atoms with Crippen LogP contribution in [0.3, 0.4) is 0 Å². The van der Waals surface area contributed by atoms with Crippen LogP contribution in [0.25, 0.3) is 0 Å². The van der Waals surface area contributed by atoms with E-state index in [1.807, 2.05) is 0 Å². The maximum Gasteiger partial charge on any atom is 0.304 e. The van der Waals surface area contributed by atoms with Crippen molar-refractivity contribution in [1.29, 1.82) is 0 Å². The summed E-state index contributed by atoms with van der Waals surface area (Å²) in [5.41, 5.74) is 0.207. The zero-order valence-corrected chi connectivity index (χ0v) is 12.7. The van der Waals surface area contributed by atoms with Crippen molar-refractivity contribution < 1.29 is 17.6 Å². The molecule has 0 fully saturated rings. The average Bonchev–Trinajstić information content (AvgIpc) is 2.43. The van der Waals surface area contributed by atoms with Gasteiger partial charge >= 0.3 is 10.2 Å². The van der Waals surface area contributed by atoms with Crippen LogP contribution in [0.1, 0.15) is 0 Å². The average molecular weight is 315 g/mol. The molecule has 0 aromatic heterocycles. The topological polar surface area (TPSA) is 69.7 Å². The Kier molecular flexibility index (Phi) is 5.86. The third-order valence-electron chi connectivity index (χ3n) is 2.59. The van der Waals surface area contributed by atoms with E-state index in [2.05, 4.69) is 11.9 Å². The Hall–Kier alpha value is -1.93. The van der Waals surface area contributed by atoms with Gasteiger partial charge in [0, 0.05) is 20.6 Å². The highest BCUT2D eigenvalue weighted by molar-refractivity contribution is 7.90. The van der Waals surface area contributed by atoms with E-state index in [0.29, 0.717) is 0 Å². The van der Waals surface area contributed by atoms with Gasteiger partial charge in [-0.15, -0.1) is 6.58 Å². The second-order valence-corrected chi connectivity index (χ2v) is 6.43. The molecule has 0 aliphatic heterocycles. The van der Waals surface area contributed by atoms with E-state index in [4.69, 9.17) is 0 Å². The van der Waals surface area contributed by atoms with E-state index in [1.54, 1.807) is 0 Å². The molecule has 21 heavy (non-hydrogen) atoms. The molecule has 0 saturated carbocycles. The van der Waals surface area contributed by atoms with Gasteiger partial charge in [-0.25, -0.2) is 8.70 Å². The number of anilines is 1. The van der Waals surface area contributed by atoms with Crippen LogP contribution in [0, 0.1) is 5.82 Å². The Labute approximate surface area is 124 Å². The molecule has 0 bridgehead atoms. The van der Waals surface area contributed by atoms with Crippen LogP contribution in [0.4, 0.5) is 10.1 Å². The summed E-state index contributed by atoms with van der Waals surface area (Å²) in [6.45, 7) is 3.29. The van der Waals surface area contributed by atoms with Crippen molar-refractivity contribution in [2.24, 2.45) is 0 Å². The molecule has 116 valence electrons. The van der Waals surface area contributed by atoms with Crippen LogP contribution in [0.5, 0.6) is 0 Å². The van der Waals surface area contributed by atoms with Gasteiger partial charge in [0.15, 0.2) is 0 Å². The summed E-state index contributed by atoms with van der Waals surface area (Å²) in [7, 11) is -1.16. The fraction of sp³-hybridized carbons (Fsp3) is 0.308. The lowest BCUT2D eigenvalue weighted by molar-refractivity contribution is -0.119. The first-order valence-corrected chi connectivity index (χ1v) is 7.52. The Morgan fingerprint density at radius 2 is 1.90 bits per heavy atom. The van der Waals surface area contributed by atoms with E-state index >= 15 is 0 Å². The Morgan fingerprint density at radius 1 is 1.33 bits per heavy atom. The summed E-state index contributed by atoms with van der Waals surface area (Å²) in [5.74, 6) is -0.971. The highest BCUT2D eigenvalue weighted by atomic mass is 32.2. The molecule has 0 spiro atoms. The van der Waals surface area contributed by atoms with Gasteiger partial charge in [0.05, 0.1) is 5.69 Å². The zero-order chi connectivity index (χ0) is 16.0. The number of halogens is 1. The Morgan fingerprint density at radius 3 is 2.38 bits per heavy atom. The number of nitrogens with one attached hydrogen (secondary N) is 1. The Bertz CT molecular complexity index is 600. The molecule has 0 aliphatic carbocycles. The first-order valence-electron chi connectivity index (χ1n) is 6.12. The molecular formula is C13H18FN3O3S. The molecule has 1 rings (SSSR count). The van der Waals surface area contributed by atoms with Crippen molar-refractivity contribution in [2.75, 3.05) is 31.5 Å². The monoisotopic (exact) mass is 315 g/mol. The molecular weight excluding hydrogens is 297 g/mol. The minimum absolute atomic E-state index is 0.207. The first-order chi connectivity index (χ1) is 9.78. The SMILES string of the molecule is C=CCNC(=O)CN(c1ccc(F)cc1)S(=O)(=O)N(C)C. The lowest BCUT2D eigenvalue weighted by Gasteiger charge is -2.26. The smallest absolute Gasteiger partial charge is 0.304 e. The largest absolute Gasteiger partial charge is 0.351 e. The summed E-state index contributed by atoms with van der Waals surface area (Å²) in [6.07, 6.45) is 1.49. The summed E-state index contributed by atoms with van der Waals surface area (Å²) >= 11 is 0. The quantitative estimate of drug-likeness (QED) is 0.755. The van der Waals surface area contributed by atoms with E-state index < -0.39 is 28.5 Å². The summed E-state index contributed by atoms with van der Waals surface area (Å²) in [5, 5.41) is 2.50. The van der Waals surface area contributed by atoms with Gasteiger partial charge in [-0.05, 0) is 24.3 Å². The van der Waals surface area contributed by atoms with Gasteiger partial charge in [0.1, 0.15) is 12.4 Å². The summed E-state index contributed by atoms with van der Waals surface area (Å²) in [6, 6.07) is 4.87. The molecule has 1 aromatic carbocycles. The van der Waals surface area contributed by atoms with E-state index in [-0.39, 0.29) is 12.2 Å². The van der Waals surface area contributed by atoms with Gasteiger partial charge in [0.25, 0.3) is 0 Å². The molecule has 8 heteroatoms. The molecule has 1 amide bonds. The van der Waals surface area contributed by atoms with Crippen LogP contribution in [0.2, 0.25) is 0 Å². The van der Waals surface area contributed by atoms with Crippen LogP contribution >= 0.6 is 0 Å². The predicted molar refractivity (Wildman–Crippen MR) is 79.6 cm³/mol. The molecule has 6 nitrogen and oxygen atoms in total. The fourth-order valence-electron chi connectivity index (χ4n) is 1.48. The number of carbonyl (C=O) groups excluding carboxylic acids is 1. The minimum Gasteiger partial charge on any atom is -0.351 e. The summed E-state index contributed by atoms with van der Waals surface area (Å²) in [4.78, 5) is 11.8. The number of hydrogen-bond donors (Lipinski definition) is 1. The van der Waals surface area contributed by atoms with Gasteiger partial charge in [-0.1, -0.05) is 6.08 Å². The summed E-state index contributed by atoms with van der Waals surface area (Å²) < 4.78 is 39.4. The standard InChI is InChI=1S/C13H18FN3O3S/c1-4-9-15-13(18)10-17(21(19,20)16(2)3)12-7-5-11(14)6-8-12/h4-8H,1,9-10H2,2-3H3,(H,15,18). The van der Waals surface area contributed by atoms with Crippen molar-refractivity contribution >= 4 is 21.8 Å². The third kappa shape index (κ3) is 4.54. The number of carbonyl (C=O) groups is 1. The van der Waals surface area contributed by atoms with E-state index in [1.165, 1.54) is 32.3 Å². The third-order valence-corrected chi connectivity index (χ3v) is 4.41. The van der Waals surface area contributed by atoms with Crippen molar-refractivity contribution in [2.45, 2.75) is 0 Å². The zero-order valence-electron chi connectivity index (χ0n) is 11.9. The van der Waals surface area contributed by atoms with Crippen molar-refractivity contribution in [3.05, 3.63) is 42.7 Å². The van der Waals surface area contributed by atoms with Gasteiger partial charge in [0.2, 0.25) is 5.91 Å². The van der Waals surface area contributed by atoms with Gasteiger partial charge in [-0.2, -0.15) is 12.7 Å². The molecule has 1 aromatic rings. The van der Waals surface area contributed by atoms with Crippen LogP contribution in [-0.4, -0.2) is 45.8 Å². The molecule has 0 unspecified atom stereocenters. The van der Waals surface area contributed by atoms with Crippen molar-refractivity contribution in [1.82, 2.24) is 9.62 Å². The Balaban J connectivity index is 3.09. The first kappa shape index (κ1) is 17.1. The van der Waals surface area contributed by atoms with Crippen molar-refractivity contribution in [3.8, 4) is 0 Å².